The first-order chi connectivity index (χ1) is 14.8. The number of fused-ring (bicyclic) bond motifs is 2. The summed E-state index contributed by atoms with van der Waals surface area (Å²) in [5, 5.41) is 0. The third-order valence-corrected chi connectivity index (χ3v) is 5.01. The van der Waals surface area contributed by atoms with E-state index >= 15 is 0 Å². The number of hydrogen-bond acceptors (Lipinski definition) is 5. The molecule has 0 unspecified atom stereocenters. The Morgan fingerprint density at radius 2 is 1.67 bits per heavy atom. The van der Waals surface area contributed by atoms with E-state index in [1.54, 1.807) is 6.20 Å². The van der Waals surface area contributed by atoms with Gasteiger partial charge in [-0.05, 0) is 49.1 Å². The SMILES string of the molecule is CN(Cc1ccccc1)C1=NCCCCCOc2ccccc2Oc2ncccc21. The van der Waals surface area contributed by atoms with Crippen LogP contribution in [0.2, 0.25) is 0 Å². The third-order valence-electron chi connectivity index (χ3n) is 5.01. The van der Waals surface area contributed by atoms with Crippen LogP contribution >= 0.6 is 0 Å². The molecule has 2 heterocycles. The minimum Gasteiger partial charge on any atom is -0.490 e. The van der Waals surface area contributed by atoms with Crippen LogP contribution in [-0.4, -0.2) is 35.9 Å². The fourth-order valence-electron chi connectivity index (χ4n) is 3.50. The maximum Gasteiger partial charge on any atom is 0.230 e. The van der Waals surface area contributed by atoms with E-state index in [1.165, 1.54) is 5.56 Å². The summed E-state index contributed by atoms with van der Waals surface area (Å²) in [5.74, 6) is 2.83. The maximum absolute atomic E-state index is 6.24. The van der Waals surface area contributed by atoms with Crippen molar-refractivity contribution in [2.45, 2.75) is 25.8 Å². The van der Waals surface area contributed by atoms with Crippen LogP contribution in [-0.2, 0) is 6.54 Å². The van der Waals surface area contributed by atoms with Gasteiger partial charge in [-0.2, -0.15) is 0 Å². The Bertz CT molecular complexity index is 988. The molecule has 2 aromatic carbocycles. The van der Waals surface area contributed by atoms with Crippen molar-refractivity contribution in [1.29, 1.82) is 0 Å². The average Bonchev–Trinajstić information content (AvgIpc) is 2.79. The minimum absolute atomic E-state index is 0.534. The van der Waals surface area contributed by atoms with Gasteiger partial charge >= 0.3 is 0 Å². The van der Waals surface area contributed by atoms with Gasteiger partial charge in [0.2, 0.25) is 5.88 Å². The smallest absolute Gasteiger partial charge is 0.230 e. The van der Waals surface area contributed by atoms with E-state index in [0.717, 1.165) is 49.5 Å². The van der Waals surface area contributed by atoms with Gasteiger partial charge in [-0.3, -0.25) is 4.99 Å². The molecule has 5 heteroatoms. The predicted molar refractivity (Wildman–Crippen MR) is 119 cm³/mol. The van der Waals surface area contributed by atoms with Gasteiger partial charge in [-0.1, -0.05) is 42.5 Å². The van der Waals surface area contributed by atoms with Crippen LogP contribution in [0.1, 0.15) is 30.4 Å². The Balaban J connectivity index is 1.70. The van der Waals surface area contributed by atoms with Crippen molar-refractivity contribution in [2.75, 3.05) is 20.2 Å². The van der Waals surface area contributed by atoms with Gasteiger partial charge in [0, 0.05) is 26.3 Å². The molecule has 3 aromatic rings. The second-order valence-corrected chi connectivity index (χ2v) is 7.36. The van der Waals surface area contributed by atoms with Crippen molar-refractivity contribution in [3.63, 3.8) is 0 Å². The molecule has 0 bridgehead atoms. The molecule has 4 rings (SSSR count). The van der Waals surface area contributed by atoms with Crippen molar-refractivity contribution >= 4 is 5.84 Å². The number of aromatic nitrogens is 1. The highest BCUT2D eigenvalue weighted by atomic mass is 16.5. The van der Waals surface area contributed by atoms with Gasteiger partial charge < -0.3 is 14.4 Å². The highest BCUT2D eigenvalue weighted by Gasteiger charge is 2.18. The Labute approximate surface area is 178 Å². The zero-order chi connectivity index (χ0) is 20.6. The van der Waals surface area contributed by atoms with Crippen LogP contribution in [0.15, 0.2) is 77.9 Å². The highest BCUT2D eigenvalue weighted by molar-refractivity contribution is 6.00. The van der Waals surface area contributed by atoms with Gasteiger partial charge in [-0.15, -0.1) is 0 Å². The number of para-hydroxylation sites is 2. The lowest BCUT2D eigenvalue weighted by atomic mass is 10.1. The zero-order valence-corrected chi connectivity index (χ0v) is 17.3. The summed E-state index contributed by atoms with van der Waals surface area (Å²) in [6.07, 6.45) is 4.83. The number of amidine groups is 1. The molecule has 1 aliphatic rings. The number of hydrogen-bond donors (Lipinski definition) is 0. The van der Waals surface area contributed by atoms with Crippen LogP contribution in [0, 0.1) is 0 Å². The van der Waals surface area contributed by atoms with E-state index in [0.29, 0.717) is 18.2 Å². The predicted octanol–water partition coefficient (Wildman–Crippen LogP) is 5.32. The standard InChI is InChI=1S/C25H27N3O2/c1-28(19-20-11-4-2-5-12-20)24-21-13-10-17-27-25(21)30-23-15-7-6-14-22(23)29-18-9-3-8-16-26-24/h2,4-7,10-15,17H,3,8-9,16,18-19H2,1H3. The quantitative estimate of drug-likeness (QED) is 0.583. The van der Waals surface area contributed by atoms with Crippen LogP contribution in [0.5, 0.6) is 17.4 Å². The first-order valence-electron chi connectivity index (χ1n) is 10.5. The average molecular weight is 402 g/mol. The monoisotopic (exact) mass is 401 g/mol. The molecule has 1 aliphatic heterocycles. The lowest BCUT2D eigenvalue weighted by Crippen LogP contribution is -2.28. The van der Waals surface area contributed by atoms with E-state index in [4.69, 9.17) is 14.5 Å². The molecule has 1 aromatic heterocycles. The van der Waals surface area contributed by atoms with Crippen LogP contribution < -0.4 is 9.47 Å². The number of rotatable bonds is 2. The second-order valence-electron chi connectivity index (χ2n) is 7.36. The fraction of sp³-hybridized carbons (Fsp3) is 0.280. The fourth-order valence-corrected chi connectivity index (χ4v) is 3.50. The summed E-state index contributed by atoms with van der Waals surface area (Å²) in [4.78, 5) is 11.7. The Morgan fingerprint density at radius 3 is 2.53 bits per heavy atom. The van der Waals surface area contributed by atoms with E-state index in [1.807, 2.05) is 42.5 Å². The molecule has 30 heavy (non-hydrogen) atoms. The van der Waals surface area contributed by atoms with Crippen molar-refractivity contribution in [2.24, 2.45) is 4.99 Å². The molecule has 0 spiro atoms. The summed E-state index contributed by atoms with van der Waals surface area (Å²) < 4.78 is 12.2. The van der Waals surface area contributed by atoms with Crippen LogP contribution in [0.25, 0.3) is 0 Å². The first-order valence-corrected chi connectivity index (χ1v) is 10.5. The molecule has 154 valence electrons. The topological polar surface area (TPSA) is 47.0 Å². The number of pyridine rings is 1. The Kier molecular flexibility index (Phi) is 6.60. The molecule has 0 saturated carbocycles. The molecule has 5 nitrogen and oxygen atoms in total. The molecule has 0 amide bonds. The van der Waals surface area contributed by atoms with Crippen molar-refractivity contribution < 1.29 is 9.47 Å². The van der Waals surface area contributed by atoms with Crippen LogP contribution in [0.3, 0.4) is 0 Å². The number of nitrogens with zero attached hydrogens (tertiary/aromatic N) is 3. The summed E-state index contributed by atoms with van der Waals surface area (Å²) in [6.45, 7) is 2.18. The number of ether oxygens (including phenoxy) is 2. The Hall–Kier alpha value is -3.34. The normalized spacial score (nSPS) is 14.4. The summed E-state index contributed by atoms with van der Waals surface area (Å²) in [5.41, 5.74) is 2.11. The molecule has 0 aliphatic carbocycles. The number of benzene rings is 2. The van der Waals surface area contributed by atoms with E-state index in [2.05, 4.69) is 41.2 Å². The van der Waals surface area contributed by atoms with Crippen molar-refractivity contribution in [3.05, 3.63) is 84.1 Å². The molecule has 0 N–H and O–H groups in total. The zero-order valence-electron chi connectivity index (χ0n) is 17.3. The number of aliphatic imine (C=N–C) groups is 1. The van der Waals surface area contributed by atoms with Gasteiger partial charge in [0.05, 0.1) is 12.2 Å². The maximum atomic E-state index is 6.24. The van der Waals surface area contributed by atoms with Crippen molar-refractivity contribution in [3.8, 4) is 17.4 Å². The summed E-state index contributed by atoms with van der Waals surface area (Å²) in [6, 6.07) is 22.1. The van der Waals surface area contributed by atoms with E-state index in [-0.39, 0.29) is 0 Å². The largest absolute Gasteiger partial charge is 0.490 e. The van der Waals surface area contributed by atoms with Gasteiger partial charge in [0.25, 0.3) is 0 Å². The molecule has 0 fully saturated rings. The van der Waals surface area contributed by atoms with Gasteiger partial charge in [0.15, 0.2) is 11.5 Å². The first kappa shape index (κ1) is 20.0. The molecular formula is C25H27N3O2. The van der Waals surface area contributed by atoms with Crippen molar-refractivity contribution in [1.82, 2.24) is 9.88 Å². The third kappa shape index (κ3) is 4.98. The summed E-state index contributed by atoms with van der Waals surface area (Å²) >= 11 is 0. The van der Waals surface area contributed by atoms with Gasteiger partial charge in [0.1, 0.15) is 5.84 Å². The lowest BCUT2D eigenvalue weighted by molar-refractivity contribution is 0.291. The molecule has 0 atom stereocenters. The van der Waals surface area contributed by atoms with E-state index in [9.17, 15) is 0 Å². The molecule has 0 saturated heterocycles. The van der Waals surface area contributed by atoms with Gasteiger partial charge in [-0.25, -0.2) is 4.98 Å². The molecule has 0 radical (unpaired) electrons. The van der Waals surface area contributed by atoms with Crippen LogP contribution in [0.4, 0.5) is 0 Å². The Morgan fingerprint density at radius 1 is 0.867 bits per heavy atom. The lowest BCUT2D eigenvalue weighted by Gasteiger charge is -2.23. The minimum atomic E-state index is 0.534. The summed E-state index contributed by atoms with van der Waals surface area (Å²) in [7, 11) is 2.07. The molecular weight excluding hydrogens is 374 g/mol. The highest BCUT2D eigenvalue weighted by Crippen LogP contribution is 2.32. The second kappa shape index (κ2) is 9.92. The van der Waals surface area contributed by atoms with E-state index < -0.39 is 0 Å².